The summed E-state index contributed by atoms with van der Waals surface area (Å²) in [7, 11) is 1.60. The summed E-state index contributed by atoms with van der Waals surface area (Å²) >= 11 is 0. The van der Waals surface area contributed by atoms with E-state index in [0.29, 0.717) is 11.5 Å². The zero-order valence-corrected chi connectivity index (χ0v) is 10.3. The molecular weight excluding hydrogens is 235 g/mol. The second-order valence-corrected chi connectivity index (χ2v) is 4.58. The molecule has 1 unspecified atom stereocenters. The van der Waals surface area contributed by atoms with E-state index in [4.69, 9.17) is 11.5 Å². The van der Waals surface area contributed by atoms with Crippen LogP contribution in [0.4, 0.5) is 10.1 Å². The van der Waals surface area contributed by atoms with Gasteiger partial charge in [0.05, 0.1) is 6.54 Å². The van der Waals surface area contributed by atoms with Gasteiger partial charge in [-0.25, -0.2) is 9.38 Å². The Morgan fingerprint density at radius 2 is 2.11 bits per heavy atom. The minimum Gasteiger partial charge on any atom is -0.399 e. The molecule has 1 heterocycles. The molecule has 1 aromatic rings. The van der Waals surface area contributed by atoms with Crippen LogP contribution in [0.25, 0.3) is 0 Å². The van der Waals surface area contributed by atoms with Crippen LogP contribution in [0.1, 0.15) is 12.5 Å². The molecule has 1 aliphatic rings. The van der Waals surface area contributed by atoms with Crippen molar-refractivity contribution < 1.29 is 9.18 Å². The second kappa shape index (κ2) is 3.97. The molecule has 0 radical (unpaired) electrons. The topological polar surface area (TPSA) is 84.7 Å². The quantitative estimate of drug-likeness (QED) is 0.710. The van der Waals surface area contributed by atoms with Gasteiger partial charge in [-0.3, -0.25) is 4.79 Å². The Labute approximate surface area is 104 Å². The predicted octanol–water partition coefficient (Wildman–Crippen LogP) is 0.452. The third-order valence-electron chi connectivity index (χ3n) is 3.04. The first kappa shape index (κ1) is 12.3. The van der Waals surface area contributed by atoms with Crippen LogP contribution in [0, 0.1) is 5.82 Å². The first-order chi connectivity index (χ1) is 8.34. The number of hydrogen-bond donors (Lipinski definition) is 2. The summed E-state index contributed by atoms with van der Waals surface area (Å²) in [5.74, 6) is -0.533. The Kier molecular flexibility index (Phi) is 2.73. The first-order valence-corrected chi connectivity index (χ1v) is 5.50. The van der Waals surface area contributed by atoms with E-state index in [9.17, 15) is 9.18 Å². The minimum atomic E-state index is -1.35. The smallest absolute Gasteiger partial charge is 0.255 e. The molecule has 96 valence electrons. The number of nitrogen functional groups attached to an aromatic ring is 1. The molecule has 0 saturated heterocycles. The van der Waals surface area contributed by atoms with E-state index in [0.717, 1.165) is 0 Å². The largest absolute Gasteiger partial charge is 0.399 e. The summed E-state index contributed by atoms with van der Waals surface area (Å²) in [6.07, 6.45) is 0. The van der Waals surface area contributed by atoms with Gasteiger partial charge >= 0.3 is 0 Å². The first-order valence-electron chi connectivity index (χ1n) is 5.50. The molecule has 6 heteroatoms. The number of nitrogens with zero attached hydrogens (tertiary/aromatic N) is 2. The van der Waals surface area contributed by atoms with Crippen LogP contribution in [-0.2, 0) is 10.3 Å². The number of amides is 1. The van der Waals surface area contributed by atoms with E-state index in [1.807, 2.05) is 0 Å². The van der Waals surface area contributed by atoms with Gasteiger partial charge in [0, 0.05) is 18.3 Å². The van der Waals surface area contributed by atoms with Crippen LogP contribution in [0.15, 0.2) is 23.2 Å². The van der Waals surface area contributed by atoms with E-state index in [1.54, 1.807) is 7.05 Å². The SMILES string of the molecule is CN1CC(N)=NC(C)(c2cc(N)ccc2F)C1=O. The Morgan fingerprint density at radius 1 is 1.44 bits per heavy atom. The van der Waals surface area contributed by atoms with Crippen LogP contribution < -0.4 is 11.5 Å². The fourth-order valence-electron chi connectivity index (χ4n) is 2.15. The molecule has 2 rings (SSSR count). The Hall–Kier alpha value is -2.11. The number of nitrogens with two attached hydrogens (primary N) is 2. The molecule has 1 atom stereocenters. The predicted molar refractivity (Wildman–Crippen MR) is 67.4 cm³/mol. The molecule has 5 nitrogen and oxygen atoms in total. The van der Waals surface area contributed by atoms with E-state index >= 15 is 0 Å². The van der Waals surface area contributed by atoms with E-state index in [1.165, 1.54) is 30.0 Å². The highest BCUT2D eigenvalue weighted by Crippen LogP contribution is 2.33. The molecule has 0 aliphatic carbocycles. The van der Waals surface area contributed by atoms with E-state index < -0.39 is 11.4 Å². The number of aliphatic imine (C=N–C) groups is 1. The number of carbonyl (C=O) groups is 1. The fourth-order valence-corrected chi connectivity index (χ4v) is 2.15. The van der Waals surface area contributed by atoms with Crippen molar-refractivity contribution in [3.63, 3.8) is 0 Å². The third kappa shape index (κ3) is 1.79. The number of hydrogen-bond acceptors (Lipinski definition) is 4. The van der Waals surface area contributed by atoms with Crippen LogP contribution in [0.3, 0.4) is 0 Å². The van der Waals surface area contributed by atoms with Crippen LogP contribution >= 0.6 is 0 Å². The van der Waals surface area contributed by atoms with Crippen molar-refractivity contribution >= 4 is 17.4 Å². The maximum atomic E-state index is 13.9. The van der Waals surface area contributed by atoms with Gasteiger partial charge in [0.15, 0.2) is 5.54 Å². The van der Waals surface area contributed by atoms with Gasteiger partial charge in [-0.05, 0) is 25.1 Å². The molecule has 0 aromatic heterocycles. The Morgan fingerprint density at radius 3 is 2.78 bits per heavy atom. The van der Waals surface area contributed by atoms with Crippen molar-refractivity contribution in [1.82, 2.24) is 4.90 Å². The standard InChI is InChI=1S/C12H15FN4O/c1-12(8-5-7(14)3-4-9(8)13)11(18)17(2)6-10(15)16-12/h3-5H,6,14H2,1-2H3,(H2,15,16). The van der Waals surface area contributed by atoms with Crippen LogP contribution in [0.5, 0.6) is 0 Å². The van der Waals surface area contributed by atoms with Gasteiger partial charge in [-0.2, -0.15) is 0 Å². The lowest BCUT2D eigenvalue weighted by atomic mass is 9.89. The molecule has 4 N–H and O–H groups in total. The third-order valence-corrected chi connectivity index (χ3v) is 3.04. The number of amidine groups is 1. The van der Waals surface area contributed by atoms with Crippen molar-refractivity contribution in [1.29, 1.82) is 0 Å². The minimum absolute atomic E-state index is 0.141. The molecule has 1 aromatic carbocycles. The summed E-state index contributed by atoms with van der Waals surface area (Å²) in [5, 5.41) is 0. The highest BCUT2D eigenvalue weighted by Gasteiger charge is 2.42. The summed E-state index contributed by atoms with van der Waals surface area (Å²) < 4.78 is 13.9. The van der Waals surface area contributed by atoms with Crippen molar-refractivity contribution in [2.75, 3.05) is 19.3 Å². The van der Waals surface area contributed by atoms with Gasteiger partial charge < -0.3 is 16.4 Å². The second-order valence-electron chi connectivity index (χ2n) is 4.58. The molecule has 0 spiro atoms. The summed E-state index contributed by atoms with van der Waals surface area (Å²) in [6, 6.07) is 4.08. The maximum absolute atomic E-state index is 13.9. The molecule has 0 bridgehead atoms. The highest BCUT2D eigenvalue weighted by atomic mass is 19.1. The lowest BCUT2D eigenvalue weighted by Crippen LogP contribution is -2.51. The Bertz CT molecular complexity index is 543. The number of carbonyl (C=O) groups excluding carboxylic acids is 1. The molecule has 18 heavy (non-hydrogen) atoms. The van der Waals surface area contributed by atoms with Crippen molar-refractivity contribution in [3.05, 3.63) is 29.6 Å². The molecule has 0 fully saturated rings. The van der Waals surface area contributed by atoms with Crippen LogP contribution in [0.2, 0.25) is 0 Å². The summed E-state index contributed by atoms with van der Waals surface area (Å²) in [5.41, 5.74) is 10.5. The number of halogens is 1. The summed E-state index contributed by atoms with van der Waals surface area (Å²) in [4.78, 5) is 17.8. The number of rotatable bonds is 1. The molecular formula is C12H15FN4O. The lowest BCUT2D eigenvalue weighted by Gasteiger charge is -2.34. The molecule has 0 saturated carbocycles. The monoisotopic (exact) mass is 250 g/mol. The number of likely N-dealkylation sites (N-methyl/N-ethyl adjacent to an activating group) is 1. The zero-order valence-electron chi connectivity index (χ0n) is 10.3. The van der Waals surface area contributed by atoms with Gasteiger partial charge in [0.25, 0.3) is 5.91 Å². The van der Waals surface area contributed by atoms with Gasteiger partial charge in [-0.15, -0.1) is 0 Å². The van der Waals surface area contributed by atoms with Crippen molar-refractivity contribution in [2.45, 2.75) is 12.5 Å². The maximum Gasteiger partial charge on any atom is 0.255 e. The average Bonchev–Trinajstić information content (AvgIpc) is 2.29. The number of anilines is 1. The normalized spacial score (nSPS) is 24.1. The average molecular weight is 250 g/mol. The molecule has 1 aliphatic heterocycles. The highest BCUT2D eigenvalue weighted by molar-refractivity contribution is 5.98. The Balaban J connectivity index is 2.63. The zero-order chi connectivity index (χ0) is 13.5. The van der Waals surface area contributed by atoms with Crippen LogP contribution in [-0.4, -0.2) is 30.2 Å². The van der Waals surface area contributed by atoms with E-state index in [-0.39, 0.29) is 18.0 Å². The van der Waals surface area contributed by atoms with Crippen molar-refractivity contribution in [3.8, 4) is 0 Å². The van der Waals surface area contributed by atoms with Gasteiger partial charge in [0.2, 0.25) is 0 Å². The van der Waals surface area contributed by atoms with Crippen molar-refractivity contribution in [2.24, 2.45) is 10.7 Å². The summed E-state index contributed by atoms with van der Waals surface area (Å²) in [6.45, 7) is 1.79. The van der Waals surface area contributed by atoms with E-state index in [2.05, 4.69) is 4.99 Å². The van der Waals surface area contributed by atoms with Gasteiger partial charge in [-0.1, -0.05) is 0 Å². The number of benzene rings is 1. The lowest BCUT2D eigenvalue weighted by molar-refractivity contribution is -0.135. The van der Waals surface area contributed by atoms with Gasteiger partial charge in [0.1, 0.15) is 11.7 Å². The fraction of sp³-hybridized carbons (Fsp3) is 0.333. The molecule has 1 amide bonds.